The number of aromatic nitrogens is 3. The Bertz CT molecular complexity index is 1370. The summed E-state index contributed by atoms with van der Waals surface area (Å²) >= 11 is 8.84. The smallest absolute Gasteiger partial charge is 0.253 e. The van der Waals surface area contributed by atoms with E-state index in [1.165, 1.54) is 15.6 Å². The highest BCUT2D eigenvalue weighted by Crippen LogP contribution is 2.35. The zero-order chi connectivity index (χ0) is 23.0. The number of fused-ring (bicyclic) bond motifs is 1. The molecule has 1 aliphatic rings. The number of thiophene rings is 1. The third kappa shape index (κ3) is 4.31. The van der Waals surface area contributed by atoms with E-state index in [9.17, 15) is 13.2 Å². The molecule has 1 amide bonds. The third-order valence-electron chi connectivity index (χ3n) is 5.51. The highest BCUT2D eigenvalue weighted by Gasteiger charge is 2.42. The van der Waals surface area contributed by atoms with Gasteiger partial charge in [-0.15, -0.1) is 11.3 Å². The summed E-state index contributed by atoms with van der Waals surface area (Å²) in [5.41, 5.74) is 0.630. The first-order valence-corrected chi connectivity index (χ1v) is 13.9. The first-order valence-electron chi connectivity index (χ1n) is 10.3. The summed E-state index contributed by atoms with van der Waals surface area (Å²) in [5.74, 6) is -0.282. The van der Waals surface area contributed by atoms with Crippen LogP contribution in [0.2, 0.25) is 5.02 Å². The van der Waals surface area contributed by atoms with Crippen LogP contribution in [0.25, 0.3) is 10.2 Å². The number of benzene rings is 1. The van der Waals surface area contributed by atoms with Crippen molar-refractivity contribution >= 4 is 65.6 Å². The second-order valence-electron chi connectivity index (χ2n) is 7.55. The standard InChI is InChI=1S/C21H20ClN5O3S3/c22-15-5-1-7-17-19(15)24-21(32-17)26(13-12-25-10-4-9-23-25)20(28)16-6-2-11-27(16)33(29,30)18-8-3-14-31-18/h1,3-5,7-10,14,16H,2,6,11-13H2. The second kappa shape index (κ2) is 9.15. The molecular weight excluding hydrogens is 502 g/mol. The lowest BCUT2D eigenvalue weighted by Gasteiger charge is -2.28. The average Bonchev–Trinajstić information content (AvgIpc) is 3.61. The van der Waals surface area contributed by atoms with Gasteiger partial charge in [-0.3, -0.25) is 14.4 Å². The van der Waals surface area contributed by atoms with Crippen LogP contribution in [0.15, 0.2) is 58.4 Å². The van der Waals surface area contributed by atoms with Gasteiger partial charge in [0.15, 0.2) is 5.13 Å². The van der Waals surface area contributed by atoms with Crippen LogP contribution in [-0.4, -0.2) is 52.5 Å². The monoisotopic (exact) mass is 521 g/mol. The van der Waals surface area contributed by atoms with Crippen LogP contribution in [0, 0.1) is 0 Å². The normalized spacial score (nSPS) is 17.1. The fraction of sp³-hybridized carbons (Fsp3) is 0.286. The third-order valence-corrected chi connectivity index (χ3v) is 10.1. The van der Waals surface area contributed by atoms with Gasteiger partial charge >= 0.3 is 0 Å². The van der Waals surface area contributed by atoms with E-state index in [0.29, 0.717) is 48.1 Å². The van der Waals surface area contributed by atoms with Crippen LogP contribution >= 0.6 is 34.3 Å². The summed E-state index contributed by atoms with van der Waals surface area (Å²) in [4.78, 5) is 20.0. The molecule has 33 heavy (non-hydrogen) atoms. The van der Waals surface area contributed by atoms with Crippen molar-refractivity contribution in [3.8, 4) is 0 Å². The maximum absolute atomic E-state index is 13.8. The van der Waals surface area contributed by atoms with Gasteiger partial charge in [0.1, 0.15) is 15.8 Å². The summed E-state index contributed by atoms with van der Waals surface area (Å²) in [7, 11) is -3.75. The van der Waals surface area contributed by atoms with Gasteiger partial charge < -0.3 is 0 Å². The van der Waals surface area contributed by atoms with Crippen LogP contribution in [0.5, 0.6) is 0 Å². The number of carbonyl (C=O) groups is 1. The van der Waals surface area contributed by atoms with E-state index in [1.807, 2.05) is 24.4 Å². The molecule has 1 saturated heterocycles. The van der Waals surface area contributed by atoms with E-state index in [0.717, 1.165) is 16.0 Å². The van der Waals surface area contributed by atoms with E-state index in [-0.39, 0.29) is 10.1 Å². The number of nitrogens with zero attached hydrogens (tertiary/aromatic N) is 5. The molecule has 0 radical (unpaired) electrons. The Morgan fingerprint density at radius 3 is 2.85 bits per heavy atom. The molecule has 8 nitrogen and oxygen atoms in total. The van der Waals surface area contributed by atoms with Gasteiger partial charge in [0.05, 0.1) is 16.3 Å². The van der Waals surface area contributed by atoms with E-state index in [2.05, 4.69) is 10.1 Å². The Balaban J connectivity index is 1.49. The Morgan fingerprint density at radius 1 is 1.24 bits per heavy atom. The molecule has 1 atom stereocenters. The fourth-order valence-corrected chi connectivity index (χ4v) is 8.00. The lowest BCUT2D eigenvalue weighted by molar-refractivity contribution is -0.121. The molecule has 12 heteroatoms. The van der Waals surface area contributed by atoms with Crippen molar-refractivity contribution in [2.75, 3.05) is 18.0 Å². The number of sulfonamides is 1. The summed E-state index contributed by atoms with van der Waals surface area (Å²) in [6.45, 7) is 1.07. The van der Waals surface area contributed by atoms with Crippen LogP contribution < -0.4 is 4.90 Å². The molecule has 172 valence electrons. The van der Waals surface area contributed by atoms with Crippen LogP contribution in [0.3, 0.4) is 0 Å². The van der Waals surface area contributed by atoms with E-state index < -0.39 is 16.1 Å². The first-order chi connectivity index (χ1) is 15.9. The van der Waals surface area contributed by atoms with Gasteiger partial charge in [-0.05, 0) is 42.5 Å². The van der Waals surface area contributed by atoms with Gasteiger partial charge in [-0.1, -0.05) is 35.1 Å². The molecule has 1 aromatic carbocycles. The Labute approximate surface area is 204 Å². The van der Waals surface area contributed by atoms with E-state index in [4.69, 9.17) is 11.6 Å². The number of anilines is 1. The van der Waals surface area contributed by atoms with Crippen LogP contribution in [-0.2, 0) is 21.4 Å². The lowest BCUT2D eigenvalue weighted by Crippen LogP contribution is -2.48. The van der Waals surface area contributed by atoms with Crippen LogP contribution in [0.1, 0.15) is 12.8 Å². The molecule has 4 aromatic rings. The number of carbonyl (C=O) groups excluding carboxylic acids is 1. The SMILES string of the molecule is O=C(C1CCCN1S(=O)(=O)c1cccs1)N(CCn1cccn1)c1nc2c(Cl)cccc2s1. The zero-order valence-corrected chi connectivity index (χ0v) is 20.6. The predicted octanol–water partition coefficient (Wildman–Crippen LogP) is 4.09. The molecule has 0 bridgehead atoms. The molecule has 5 rings (SSSR count). The Kier molecular flexibility index (Phi) is 6.23. The number of halogens is 1. The Morgan fingerprint density at radius 2 is 2.12 bits per heavy atom. The molecule has 1 aliphatic heterocycles. The first kappa shape index (κ1) is 22.5. The van der Waals surface area contributed by atoms with Gasteiger partial charge in [0, 0.05) is 25.5 Å². The molecule has 1 fully saturated rings. The summed E-state index contributed by atoms with van der Waals surface area (Å²) in [5, 5.41) is 6.95. The van der Waals surface area contributed by atoms with Crippen molar-refractivity contribution in [3.05, 3.63) is 59.2 Å². The molecule has 0 aliphatic carbocycles. The fourth-order valence-electron chi connectivity index (χ4n) is 3.93. The van der Waals surface area contributed by atoms with Crippen molar-refractivity contribution < 1.29 is 13.2 Å². The molecule has 0 saturated carbocycles. The highest BCUT2D eigenvalue weighted by molar-refractivity contribution is 7.91. The maximum atomic E-state index is 13.8. The zero-order valence-electron chi connectivity index (χ0n) is 17.4. The molecule has 1 unspecified atom stereocenters. The predicted molar refractivity (Wildman–Crippen MR) is 130 cm³/mol. The molecule has 0 spiro atoms. The second-order valence-corrected chi connectivity index (χ2v) is 12.0. The number of hydrogen-bond donors (Lipinski definition) is 0. The van der Waals surface area contributed by atoms with Crippen molar-refractivity contribution in [3.63, 3.8) is 0 Å². The largest absolute Gasteiger partial charge is 0.285 e. The van der Waals surface area contributed by atoms with Crippen molar-refractivity contribution in [2.24, 2.45) is 0 Å². The number of hydrogen-bond acceptors (Lipinski definition) is 7. The summed E-state index contributed by atoms with van der Waals surface area (Å²) < 4.78 is 30.6. The minimum absolute atomic E-state index is 0.247. The Hall–Kier alpha value is -2.31. The summed E-state index contributed by atoms with van der Waals surface area (Å²) in [6.07, 6.45) is 4.59. The lowest BCUT2D eigenvalue weighted by atomic mass is 10.2. The van der Waals surface area contributed by atoms with Crippen molar-refractivity contribution in [1.29, 1.82) is 0 Å². The molecule has 4 heterocycles. The van der Waals surface area contributed by atoms with Gasteiger partial charge in [-0.2, -0.15) is 9.40 Å². The average molecular weight is 522 g/mol. The maximum Gasteiger partial charge on any atom is 0.253 e. The number of amides is 1. The topological polar surface area (TPSA) is 88.4 Å². The molecule has 0 N–H and O–H groups in total. The van der Waals surface area contributed by atoms with Crippen LogP contribution in [0.4, 0.5) is 5.13 Å². The minimum Gasteiger partial charge on any atom is -0.285 e. The number of thiazole rings is 1. The quantitative estimate of drug-likeness (QED) is 0.365. The van der Waals surface area contributed by atoms with E-state index in [1.54, 1.807) is 39.4 Å². The van der Waals surface area contributed by atoms with E-state index >= 15 is 0 Å². The number of para-hydroxylation sites is 1. The van der Waals surface area contributed by atoms with Gasteiger partial charge in [0.2, 0.25) is 5.91 Å². The van der Waals surface area contributed by atoms with Crippen molar-refractivity contribution in [1.82, 2.24) is 19.1 Å². The van der Waals surface area contributed by atoms with Gasteiger partial charge in [-0.25, -0.2) is 13.4 Å². The summed E-state index contributed by atoms with van der Waals surface area (Å²) in [6, 6.07) is 9.82. The molecular formula is C21H20ClN5O3S3. The minimum atomic E-state index is -3.75. The van der Waals surface area contributed by atoms with Crippen molar-refractivity contribution in [2.45, 2.75) is 29.6 Å². The highest BCUT2D eigenvalue weighted by atomic mass is 35.5. The molecule has 3 aromatic heterocycles. The van der Waals surface area contributed by atoms with Gasteiger partial charge in [0.25, 0.3) is 10.0 Å². The number of rotatable bonds is 7.